The molecule has 0 radical (unpaired) electrons. The highest BCUT2D eigenvalue weighted by molar-refractivity contribution is 7.99. The first kappa shape index (κ1) is 17.0. The fourth-order valence-corrected chi connectivity index (χ4v) is 3.16. The highest BCUT2D eigenvalue weighted by atomic mass is 32.2. The molecule has 0 fully saturated rings. The normalized spacial score (nSPS) is 14.5. The molecule has 0 saturated heterocycles. The van der Waals surface area contributed by atoms with Crippen molar-refractivity contribution in [1.29, 1.82) is 5.26 Å². The van der Waals surface area contributed by atoms with Gasteiger partial charge in [-0.2, -0.15) is 5.26 Å². The minimum atomic E-state index is -3.13. The topological polar surface area (TPSA) is 83.9 Å². The quantitative estimate of drug-likeness (QED) is 0.618. The number of sulfone groups is 1. The Morgan fingerprint density at radius 1 is 1.35 bits per heavy atom. The van der Waals surface area contributed by atoms with Gasteiger partial charge in [0.05, 0.1) is 11.0 Å². The fourth-order valence-electron chi connectivity index (χ4n) is 1.67. The summed E-state index contributed by atoms with van der Waals surface area (Å²) < 4.78 is 22.7. The number of hydrogen-bond donors (Lipinski definition) is 1. The van der Waals surface area contributed by atoms with E-state index >= 15 is 0 Å². The summed E-state index contributed by atoms with van der Waals surface area (Å²) in [6.07, 6.45) is 3.38. The Hall–Kier alpha value is -1.03. The summed E-state index contributed by atoms with van der Waals surface area (Å²) in [5.41, 5.74) is 5.19. The lowest BCUT2D eigenvalue weighted by Gasteiger charge is -2.18. The Labute approximate surface area is 125 Å². The predicted molar refractivity (Wildman–Crippen MR) is 82.3 cm³/mol. The lowest BCUT2D eigenvalue weighted by molar-refractivity contribution is 0.478. The van der Waals surface area contributed by atoms with Crippen molar-refractivity contribution in [3.05, 3.63) is 24.3 Å². The van der Waals surface area contributed by atoms with E-state index in [4.69, 9.17) is 11.0 Å². The molecule has 0 aliphatic carbocycles. The standard InChI is InChI=1S/C14H20N2O2S2/c1-3-14(16,11-15)9-4-10-19-12-5-7-13(8-6-12)20(2,17)18/h5-8H,3-4,9-10,16H2,1-2H3. The molecule has 20 heavy (non-hydrogen) atoms. The lowest BCUT2D eigenvalue weighted by Crippen LogP contribution is -2.37. The van der Waals surface area contributed by atoms with E-state index in [1.54, 1.807) is 36.0 Å². The van der Waals surface area contributed by atoms with Crippen LogP contribution >= 0.6 is 11.8 Å². The van der Waals surface area contributed by atoms with Gasteiger partial charge in [0.25, 0.3) is 0 Å². The first-order chi connectivity index (χ1) is 9.30. The summed E-state index contributed by atoms with van der Waals surface area (Å²) in [6.45, 7) is 1.92. The second kappa shape index (κ2) is 7.11. The molecule has 1 atom stereocenters. The largest absolute Gasteiger partial charge is 0.313 e. The third-order valence-corrected chi connectivity index (χ3v) is 5.37. The van der Waals surface area contributed by atoms with Gasteiger partial charge in [-0.1, -0.05) is 6.92 Å². The summed E-state index contributed by atoms with van der Waals surface area (Å²) in [7, 11) is -3.13. The number of nitriles is 1. The molecule has 0 heterocycles. The molecule has 1 rings (SSSR count). The summed E-state index contributed by atoms with van der Waals surface area (Å²) >= 11 is 1.64. The van der Waals surface area contributed by atoms with Gasteiger partial charge >= 0.3 is 0 Å². The first-order valence-corrected chi connectivity index (χ1v) is 9.31. The maximum atomic E-state index is 11.3. The zero-order valence-electron chi connectivity index (χ0n) is 11.8. The fraction of sp³-hybridized carbons (Fsp3) is 0.500. The Kier molecular flexibility index (Phi) is 6.06. The van der Waals surface area contributed by atoms with Crippen molar-refractivity contribution in [3.63, 3.8) is 0 Å². The molecule has 0 aliphatic heterocycles. The van der Waals surface area contributed by atoms with Crippen molar-refractivity contribution in [2.45, 2.75) is 41.5 Å². The molecule has 1 aromatic carbocycles. The van der Waals surface area contributed by atoms with E-state index in [1.807, 2.05) is 6.92 Å². The van der Waals surface area contributed by atoms with Gasteiger partial charge in [0.1, 0.15) is 5.54 Å². The van der Waals surface area contributed by atoms with Crippen LogP contribution in [0, 0.1) is 11.3 Å². The van der Waals surface area contributed by atoms with Crippen molar-refractivity contribution >= 4 is 21.6 Å². The Bertz CT molecular complexity index is 576. The minimum absolute atomic E-state index is 0.332. The number of hydrogen-bond acceptors (Lipinski definition) is 5. The summed E-state index contributed by atoms with van der Waals surface area (Å²) in [5.74, 6) is 0.860. The van der Waals surface area contributed by atoms with Crippen molar-refractivity contribution in [3.8, 4) is 6.07 Å². The van der Waals surface area contributed by atoms with Crippen LogP contribution in [0.25, 0.3) is 0 Å². The van der Waals surface area contributed by atoms with E-state index in [2.05, 4.69) is 6.07 Å². The zero-order valence-corrected chi connectivity index (χ0v) is 13.4. The second-order valence-electron chi connectivity index (χ2n) is 4.82. The van der Waals surface area contributed by atoms with Crippen LogP contribution in [-0.4, -0.2) is 26.0 Å². The third kappa shape index (κ3) is 5.16. The van der Waals surface area contributed by atoms with Crippen molar-refractivity contribution < 1.29 is 8.42 Å². The van der Waals surface area contributed by atoms with E-state index in [0.29, 0.717) is 17.7 Å². The van der Waals surface area contributed by atoms with Gasteiger partial charge in [0.15, 0.2) is 9.84 Å². The third-order valence-electron chi connectivity index (χ3n) is 3.14. The van der Waals surface area contributed by atoms with Crippen LogP contribution in [0.15, 0.2) is 34.1 Å². The maximum absolute atomic E-state index is 11.3. The van der Waals surface area contributed by atoms with Gasteiger partial charge in [-0.3, -0.25) is 0 Å². The summed E-state index contributed by atoms with van der Waals surface area (Å²) in [5, 5.41) is 8.97. The number of rotatable bonds is 7. The SMILES string of the molecule is CCC(N)(C#N)CCCSc1ccc(S(C)(=O)=O)cc1. The van der Waals surface area contributed by atoms with Gasteiger partial charge < -0.3 is 5.73 Å². The highest BCUT2D eigenvalue weighted by Crippen LogP contribution is 2.23. The molecule has 0 aliphatic rings. The van der Waals surface area contributed by atoms with E-state index < -0.39 is 15.4 Å². The van der Waals surface area contributed by atoms with Gasteiger partial charge in [0, 0.05) is 11.2 Å². The molecule has 110 valence electrons. The number of benzene rings is 1. The maximum Gasteiger partial charge on any atom is 0.175 e. The molecule has 2 N–H and O–H groups in total. The predicted octanol–water partition coefficient (Wildman–Crippen LogP) is 2.59. The van der Waals surface area contributed by atoms with Crippen LogP contribution in [0.3, 0.4) is 0 Å². The van der Waals surface area contributed by atoms with Crippen molar-refractivity contribution in [2.24, 2.45) is 5.73 Å². The molecule has 4 nitrogen and oxygen atoms in total. The Morgan fingerprint density at radius 2 is 1.95 bits per heavy atom. The van der Waals surface area contributed by atoms with Crippen LogP contribution < -0.4 is 5.73 Å². The number of thioether (sulfide) groups is 1. The van der Waals surface area contributed by atoms with Gasteiger partial charge in [0.2, 0.25) is 0 Å². The molecule has 0 bridgehead atoms. The molecule has 1 unspecified atom stereocenters. The van der Waals surface area contributed by atoms with Crippen molar-refractivity contribution in [2.75, 3.05) is 12.0 Å². The van der Waals surface area contributed by atoms with E-state index in [-0.39, 0.29) is 0 Å². The van der Waals surface area contributed by atoms with Crippen LogP contribution in [0.1, 0.15) is 26.2 Å². The zero-order chi connectivity index (χ0) is 15.2. The van der Waals surface area contributed by atoms with E-state index in [0.717, 1.165) is 17.1 Å². The van der Waals surface area contributed by atoms with Gasteiger partial charge in [-0.25, -0.2) is 8.42 Å². The summed E-state index contributed by atoms with van der Waals surface area (Å²) in [4.78, 5) is 1.35. The monoisotopic (exact) mass is 312 g/mol. The Balaban J connectivity index is 2.46. The molecule has 6 heteroatoms. The van der Waals surface area contributed by atoms with Crippen LogP contribution in [0.2, 0.25) is 0 Å². The van der Waals surface area contributed by atoms with Crippen molar-refractivity contribution in [1.82, 2.24) is 0 Å². The van der Waals surface area contributed by atoms with Crippen LogP contribution in [-0.2, 0) is 9.84 Å². The molecule has 0 amide bonds. The molecule has 0 saturated carbocycles. The molecular formula is C14H20N2O2S2. The van der Waals surface area contributed by atoms with E-state index in [9.17, 15) is 8.42 Å². The number of nitrogens with zero attached hydrogens (tertiary/aromatic N) is 1. The molecule has 0 spiro atoms. The average molecular weight is 312 g/mol. The average Bonchev–Trinajstić information content (AvgIpc) is 2.43. The number of nitrogens with two attached hydrogens (primary N) is 1. The second-order valence-corrected chi connectivity index (χ2v) is 8.00. The minimum Gasteiger partial charge on any atom is -0.313 e. The highest BCUT2D eigenvalue weighted by Gasteiger charge is 2.20. The Morgan fingerprint density at radius 3 is 2.40 bits per heavy atom. The first-order valence-electron chi connectivity index (χ1n) is 6.44. The van der Waals surface area contributed by atoms with Crippen LogP contribution in [0.5, 0.6) is 0 Å². The molecular weight excluding hydrogens is 292 g/mol. The lowest BCUT2D eigenvalue weighted by atomic mass is 9.94. The van der Waals surface area contributed by atoms with Gasteiger partial charge in [-0.15, -0.1) is 11.8 Å². The van der Waals surface area contributed by atoms with Crippen LogP contribution in [0.4, 0.5) is 0 Å². The van der Waals surface area contributed by atoms with E-state index in [1.165, 1.54) is 6.26 Å². The summed E-state index contributed by atoms with van der Waals surface area (Å²) in [6, 6.07) is 9.00. The molecule has 0 aromatic heterocycles. The molecule has 1 aromatic rings. The smallest absolute Gasteiger partial charge is 0.175 e. The van der Waals surface area contributed by atoms with Gasteiger partial charge in [-0.05, 0) is 49.3 Å².